The van der Waals surface area contributed by atoms with Crippen LogP contribution < -0.4 is 0 Å². The lowest BCUT2D eigenvalue weighted by Gasteiger charge is -2.18. The Morgan fingerprint density at radius 2 is 1.86 bits per heavy atom. The number of benzene rings is 2. The average molecular weight is 299 g/mol. The topological polar surface area (TPSA) is 44.1 Å². The van der Waals surface area contributed by atoms with Crippen molar-refractivity contribution in [1.82, 2.24) is 4.90 Å². The third kappa shape index (κ3) is 4.08. The molecule has 2 aromatic rings. The Kier molecular flexibility index (Phi) is 4.97. The maximum absolute atomic E-state index is 12.2. The van der Waals surface area contributed by atoms with Crippen molar-refractivity contribution in [1.29, 1.82) is 5.26 Å². The van der Waals surface area contributed by atoms with Crippen molar-refractivity contribution in [2.75, 3.05) is 7.05 Å². The molecule has 0 atom stereocenters. The predicted molar refractivity (Wildman–Crippen MR) is 82.8 cm³/mol. The van der Waals surface area contributed by atoms with Gasteiger partial charge in [-0.2, -0.15) is 5.26 Å². The molecule has 0 aliphatic heterocycles. The van der Waals surface area contributed by atoms with E-state index in [1.165, 1.54) is 0 Å². The second kappa shape index (κ2) is 6.92. The standard InChI is InChI=1S/C17H15ClN2O/c1-20(12-15-4-2-3-5-16(15)18)17(21)10-13-6-8-14(11-19)9-7-13/h2-9H,10,12H2,1H3. The van der Waals surface area contributed by atoms with Crippen LogP contribution in [0.2, 0.25) is 5.02 Å². The fraction of sp³-hybridized carbons (Fsp3) is 0.176. The molecule has 0 radical (unpaired) electrons. The van der Waals surface area contributed by atoms with Crippen LogP contribution in [-0.2, 0) is 17.8 Å². The molecule has 0 aromatic heterocycles. The summed E-state index contributed by atoms with van der Waals surface area (Å²) in [6.45, 7) is 0.481. The number of amides is 1. The monoisotopic (exact) mass is 298 g/mol. The van der Waals surface area contributed by atoms with E-state index in [1.54, 1.807) is 36.2 Å². The molecular formula is C17H15ClN2O. The van der Waals surface area contributed by atoms with E-state index in [2.05, 4.69) is 6.07 Å². The molecule has 4 heteroatoms. The van der Waals surface area contributed by atoms with E-state index in [4.69, 9.17) is 16.9 Å². The van der Waals surface area contributed by atoms with Crippen LogP contribution in [-0.4, -0.2) is 17.9 Å². The molecule has 21 heavy (non-hydrogen) atoms. The molecule has 2 rings (SSSR count). The quantitative estimate of drug-likeness (QED) is 0.868. The largest absolute Gasteiger partial charge is 0.341 e. The van der Waals surface area contributed by atoms with Crippen molar-refractivity contribution in [3.05, 3.63) is 70.2 Å². The van der Waals surface area contributed by atoms with Crippen LogP contribution in [0.5, 0.6) is 0 Å². The van der Waals surface area contributed by atoms with Gasteiger partial charge in [0.15, 0.2) is 0 Å². The molecule has 0 bridgehead atoms. The zero-order valence-electron chi connectivity index (χ0n) is 11.7. The molecule has 0 heterocycles. The Morgan fingerprint density at radius 3 is 2.48 bits per heavy atom. The first-order valence-corrected chi connectivity index (χ1v) is 6.94. The summed E-state index contributed by atoms with van der Waals surface area (Å²) >= 11 is 6.10. The number of carbonyl (C=O) groups excluding carboxylic acids is 1. The first kappa shape index (κ1) is 15.1. The van der Waals surface area contributed by atoms with E-state index in [0.717, 1.165) is 11.1 Å². The smallest absolute Gasteiger partial charge is 0.227 e. The highest BCUT2D eigenvalue weighted by atomic mass is 35.5. The average Bonchev–Trinajstić information content (AvgIpc) is 2.50. The number of nitrogens with zero attached hydrogens (tertiary/aromatic N) is 2. The number of nitriles is 1. The van der Waals surface area contributed by atoms with Crippen molar-refractivity contribution in [3.63, 3.8) is 0 Å². The summed E-state index contributed by atoms with van der Waals surface area (Å²) in [5, 5.41) is 9.41. The van der Waals surface area contributed by atoms with E-state index in [0.29, 0.717) is 23.6 Å². The zero-order chi connectivity index (χ0) is 15.2. The van der Waals surface area contributed by atoms with Gasteiger partial charge in [0.05, 0.1) is 18.1 Å². The summed E-state index contributed by atoms with van der Waals surface area (Å²) in [4.78, 5) is 13.9. The third-order valence-electron chi connectivity index (χ3n) is 3.23. The van der Waals surface area contributed by atoms with E-state index < -0.39 is 0 Å². The second-order valence-electron chi connectivity index (χ2n) is 4.83. The van der Waals surface area contributed by atoms with Gasteiger partial charge in [0.2, 0.25) is 5.91 Å². The lowest BCUT2D eigenvalue weighted by atomic mass is 10.1. The summed E-state index contributed by atoms with van der Waals surface area (Å²) in [5.74, 6) is 0.0135. The molecule has 0 saturated heterocycles. The van der Waals surface area contributed by atoms with Crippen LogP contribution in [0.1, 0.15) is 16.7 Å². The summed E-state index contributed by atoms with van der Waals surface area (Å²) in [6, 6.07) is 16.6. The molecular weight excluding hydrogens is 284 g/mol. The van der Waals surface area contributed by atoms with E-state index in [1.807, 2.05) is 24.3 Å². The van der Waals surface area contributed by atoms with Gasteiger partial charge in [-0.05, 0) is 29.3 Å². The molecule has 0 unspecified atom stereocenters. The second-order valence-corrected chi connectivity index (χ2v) is 5.23. The number of rotatable bonds is 4. The van der Waals surface area contributed by atoms with E-state index in [-0.39, 0.29) is 5.91 Å². The molecule has 0 N–H and O–H groups in total. The van der Waals surface area contributed by atoms with Crippen molar-refractivity contribution in [2.24, 2.45) is 0 Å². The zero-order valence-corrected chi connectivity index (χ0v) is 12.5. The Hall–Kier alpha value is -2.31. The maximum atomic E-state index is 12.2. The fourth-order valence-corrected chi connectivity index (χ4v) is 2.17. The SMILES string of the molecule is CN(Cc1ccccc1Cl)C(=O)Cc1ccc(C#N)cc1. The Morgan fingerprint density at radius 1 is 1.19 bits per heavy atom. The van der Waals surface area contributed by atoms with E-state index in [9.17, 15) is 4.79 Å². The van der Waals surface area contributed by atoms with Crippen LogP contribution >= 0.6 is 11.6 Å². The fourth-order valence-electron chi connectivity index (χ4n) is 1.98. The van der Waals surface area contributed by atoms with Crippen molar-refractivity contribution in [3.8, 4) is 6.07 Å². The Balaban J connectivity index is 1.99. The maximum Gasteiger partial charge on any atom is 0.227 e. The van der Waals surface area contributed by atoms with Gasteiger partial charge in [-0.1, -0.05) is 41.9 Å². The van der Waals surface area contributed by atoms with Crippen molar-refractivity contribution in [2.45, 2.75) is 13.0 Å². The third-order valence-corrected chi connectivity index (χ3v) is 3.60. The van der Waals surface area contributed by atoms with Gasteiger partial charge in [0.25, 0.3) is 0 Å². The van der Waals surface area contributed by atoms with Gasteiger partial charge >= 0.3 is 0 Å². The van der Waals surface area contributed by atoms with Crippen LogP contribution in [0.4, 0.5) is 0 Å². The summed E-state index contributed by atoms with van der Waals surface area (Å²) < 4.78 is 0. The predicted octanol–water partition coefficient (Wildman–Crippen LogP) is 3.41. The highest BCUT2D eigenvalue weighted by molar-refractivity contribution is 6.31. The summed E-state index contributed by atoms with van der Waals surface area (Å²) in [5.41, 5.74) is 2.41. The van der Waals surface area contributed by atoms with Crippen LogP contribution in [0, 0.1) is 11.3 Å². The number of carbonyl (C=O) groups is 1. The first-order chi connectivity index (χ1) is 10.1. The minimum absolute atomic E-state index is 0.0135. The van der Waals surface area contributed by atoms with Crippen LogP contribution in [0.3, 0.4) is 0 Å². The van der Waals surface area contributed by atoms with Gasteiger partial charge < -0.3 is 4.90 Å². The highest BCUT2D eigenvalue weighted by Crippen LogP contribution is 2.17. The van der Waals surface area contributed by atoms with Crippen LogP contribution in [0.25, 0.3) is 0 Å². The molecule has 0 saturated carbocycles. The summed E-state index contributed by atoms with van der Waals surface area (Å²) in [6.07, 6.45) is 0.312. The van der Waals surface area contributed by atoms with Crippen molar-refractivity contribution < 1.29 is 4.79 Å². The molecule has 0 spiro atoms. The normalized spacial score (nSPS) is 9.95. The molecule has 0 aliphatic rings. The van der Waals surface area contributed by atoms with Gasteiger partial charge in [-0.15, -0.1) is 0 Å². The molecule has 106 valence electrons. The first-order valence-electron chi connectivity index (χ1n) is 6.56. The number of halogens is 1. The number of likely N-dealkylation sites (N-methyl/N-ethyl adjacent to an activating group) is 1. The highest BCUT2D eigenvalue weighted by Gasteiger charge is 2.11. The molecule has 1 amide bonds. The van der Waals surface area contributed by atoms with Gasteiger partial charge in [-0.3, -0.25) is 4.79 Å². The van der Waals surface area contributed by atoms with Gasteiger partial charge in [0, 0.05) is 18.6 Å². The Labute approximate surface area is 129 Å². The molecule has 0 fully saturated rings. The van der Waals surface area contributed by atoms with Crippen molar-refractivity contribution >= 4 is 17.5 Å². The Bertz CT molecular complexity index is 674. The minimum Gasteiger partial charge on any atom is -0.341 e. The van der Waals surface area contributed by atoms with E-state index >= 15 is 0 Å². The minimum atomic E-state index is 0.0135. The van der Waals surface area contributed by atoms with Crippen LogP contribution in [0.15, 0.2) is 48.5 Å². The molecule has 2 aromatic carbocycles. The summed E-state index contributed by atoms with van der Waals surface area (Å²) in [7, 11) is 1.76. The lowest BCUT2D eigenvalue weighted by Crippen LogP contribution is -2.27. The number of hydrogen-bond acceptors (Lipinski definition) is 2. The van der Waals surface area contributed by atoms with Gasteiger partial charge in [0.1, 0.15) is 0 Å². The molecule has 3 nitrogen and oxygen atoms in total. The number of hydrogen-bond donors (Lipinski definition) is 0. The van der Waals surface area contributed by atoms with Gasteiger partial charge in [-0.25, -0.2) is 0 Å². The lowest BCUT2D eigenvalue weighted by molar-refractivity contribution is -0.129. The molecule has 0 aliphatic carbocycles.